The number of nitrogens with one attached hydrogen (secondary N) is 1. The number of nitrogens with two attached hydrogens (primary N) is 1. The molecule has 0 atom stereocenters. The van der Waals surface area contributed by atoms with Gasteiger partial charge in [-0.1, -0.05) is 0 Å². The number of likely N-dealkylation sites (N-methyl/N-ethyl adjacent to an activating group) is 1. The maximum atomic E-state index is 11.2. The Balaban J connectivity index is 3.17. The van der Waals surface area contributed by atoms with Crippen molar-refractivity contribution in [2.75, 3.05) is 38.2 Å². The zero-order chi connectivity index (χ0) is 16.2. The minimum atomic E-state index is -0.476. The largest absolute Gasteiger partial charge is 0.473 e. The van der Waals surface area contributed by atoms with E-state index in [2.05, 4.69) is 10.3 Å². The van der Waals surface area contributed by atoms with Crippen molar-refractivity contribution in [1.29, 1.82) is 0 Å². The lowest BCUT2D eigenvalue weighted by molar-refractivity contribution is -0.384. The van der Waals surface area contributed by atoms with Gasteiger partial charge in [-0.15, -0.1) is 0 Å². The van der Waals surface area contributed by atoms with E-state index in [-0.39, 0.29) is 29.2 Å². The number of aromatic nitrogens is 1. The number of hydrogen-bond acceptors (Lipinski definition) is 7. The summed E-state index contributed by atoms with van der Waals surface area (Å²) in [6.07, 6.45) is -0.115. The number of nitro groups is 1. The van der Waals surface area contributed by atoms with Crippen molar-refractivity contribution in [2.45, 2.75) is 26.9 Å². The van der Waals surface area contributed by atoms with Gasteiger partial charge in [0.1, 0.15) is 5.69 Å². The van der Waals surface area contributed by atoms with E-state index in [0.717, 1.165) is 6.54 Å². The summed E-state index contributed by atoms with van der Waals surface area (Å²) in [7, 11) is 3.84. The average Bonchev–Trinajstić information content (AvgIpc) is 2.33. The Morgan fingerprint density at radius 1 is 1.48 bits per heavy atom. The third-order valence-electron chi connectivity index (χ3n) is 2.81. The molecule has 0 unspecified atom stereocenters. The molecule has 0 saturated carbocycles. The number of hydrogen-bond donors (Lipinski definition) is 2. The van der Waals surface area contributed by atoms with Gasteiger partial charge < -0.3 is 20.7 Å². The summed E-state index contributed by atoms with van der Waals surface area (Å²) >= 11 is 0. The molecule has 21 heavy (non-hydrogen) atoms. The van der Waals surface area contributed by atoms with Crippen LogP contribution in [0.15, 0.2) is 0 Å². The molecule has 3 N–H and O–H groups in total. The van der Waals surface area contributed by atoms with Gasteiger partial charge in [0.15, 0.2) is 0 Å². The first kappa shape index (κ1) is 17.0. The quantitative estimate of drug-likeness (QED) is 0.582. The van der Waals surface area contributed by atoms with Gasteiger partial charge in [0.25, 0.3) is 0 Å². The van der Waals surface area contributed by atoms with Gasteiger partial charge in [-0.05, 0) is 34.9 Å². The van der Waals surface area contributed by atoms with Crippen molar-refractivity contribution in [1.82, 2.24) is 9.88 Å². The molecular formula is C13H23N5O3. The second-order valence-corrected chi connectivity index (χ2v) is 5.31. The Hall–Kier alpha value is -2.09. The Morgan fingerprint density at radius 2 is 2.10 bits per heavy atom. The van der Waals surface area contributed by atoms with Crippen molar-refractivity contribution in [3.8, 4) is 5.88 Å². The van der Waals surface area contributed by atoms with Crippen LogP contribution in [0, 0.1) is 17.0 Å². The smallest absolute Gasteiger partial charge is 0.316 e. The van der Waals surface area contributed by atoms with Crippen LogP contribution in [-0.4, -0.2) is 48.1 Å². The number of anilines is 2. The van der Waals surface area contributed by atoms with E-state index in [1.807, 2.05) is 32.8 Å². The summed E-state index contributed by atoms with van der Waals surface area (Å²) in [4.78, 5) is 16.9. The van der Waals surface area contributed by atoms with Gasteiger partial charge in [0.2, 0.25) is 11.7 Å². The first-order chi connectivity index (χ1) is 9.73. The molecule has 0 aliphatic rings. The molecule has 8 nitrogen and oxygen atoms in total. The highest BCUT2D eigenvalue weighted by Crippen LogP contribution is 2.36. The fraction of sp³-hybridized carbons (Fsp3) is 0.615. The van der Waals surface area contributed by atoms with Crippen LogP contribution in [0.4, 0.5) is 17.2 Å². The van der Waals surface area contributed by atoms with E-state index in [0.29, 0.717) is 12.1 Å². The minimum absolute atomic E-state index is 0.109. The fourth-order valence-corrected chi connectivity index (χ4v) is 1.74. The van der Waals surface area contributed by atoms with Gasteiger partial charge in [-0.2, -0.15) is 4.98 Å². The molecule has 0 aliphatic carbocycles. The molecule has 1 rings (SSSR count). The van der Waals surface area contributed by atoms with Gasteiger partial charge in [0.05, 0.1) is 16.6 Å². The van der Waals surface area contributed by atoms with E-state index in [1.165, 1.54) is 0 Å². The molecule has 0 spiro atoms. The van der Waals surface area contributed by atoms with Crippen LogP contribution >= 0.6 is 0 Å². The number of pyridine rings is 1. The third kappa shape index (κ3) is 4.45. The molecular weight excluding hydrogens is 274 g/mol. The van der Waals surface area contributed by atoms with Gasteiger partial charge in [-0.25, -0.2) is 0 Å². The topological polar surface area (TPSA) is 107 Å². The lowest BCUT2D eigenvalue weighted by Crippen LogP contribution is -2.22. The van der Waals surface area contributed by atoms with E-state index in [4.69, 9.17) is 10.5 Å². The Labute approximate surface area is 124 Å². The van der Waals surface area contributed by atoms with E-state index >= 15 is 0 Å². The van der Waals surface area contributed by atoms with E-state index in [9.17, 15) is 10.1 Å². The molecule has 0 fully saturated rings. The molecule has 0 amide bonds. The molecule has 0 saturated heterocycles. The maximum Gasteiger partial charge on any atom is 0.316 e. The van der Waals surface area contributed by atoms with Crippen LogP contribution in [-0.2, 0) is 0 Å². The number of nitrogen functional groups attached to an aromatic ring is 1. The molecule has 1 heterocycles. The Bertz CT molecular complexity index is 517. The lowest BCUT2D eigenvalue weighted by Gasteiger charge is -2.16. The first-order valence-electron chi connectivity index (χ1n) is 6.73. The molecule has 0 bridgehead atoms. The molecule has 1 aromatic rings. The summed E-state index contributed by atoms with van der Waals surface area (Å²) in [5, 5.41) is 14.2. The van der Waals surface area contributed by atoms with Crippen LogP contribution in [0.3, 0.4) is 0 Å². The predicted octanol–water partition coefficient (Wildman–Crippen LogP) is 1.64. The highest BCUT2D eigenvalue weighted by Gasteiger charge is 2.25. The average molecular weight is 297 g/mol. The zero-order valence-electron chi connectivity index (χ0n) is 13.1. The predicted molar refractivity (Wildman–Crippen MR) is 82.8 cm³/mol. The molecule has 0 radical (unpaired) electrons. The van der Waals surface area contributed by atoms with E-state index in [1.54, 1.807) is 6.92 Å². The minimum Gasteiger partial charge on any atom is -0.473 e. The van der Waals surface area contributed by atoms with Crippen molar-refractivity contribution < 1.29 is 9.66 Å². The maximum absolute atomic E-state index is 11.2. The van der Waals surface area contributed by atoms with Crippen LogP contribution < -0.4 is 15.8 Å². The van der Waals surface area contributed by atoms with Gasteiger partial charge in [-0.3, -0.25) is 10.1 Å². The van der Waals surface area contributed by atoms with Gasteiger partial charge in [0, 0.05) is 13.1 Å². The monoisotopic (exact) mass is 297 g/mol. The Kier molecular flexibility index (Phi) is 5.71. The highest BCUT2D eigenvalue weighted by molar-refractivity contribution is 5.72. The second-order valence-electron chi connectivity index (χ2n) is 5.31. The van der Waals surface area contributed by atoms with Crippen molar-refractivity contribution in [3.05, 3.63) is 15.7 Å². The first-order valence-corrected chi connectivity index (χ1v) is 6.73. The summed E-state index contributed by atoms with van der Waals surface area (Å²) < 4.78 is 5.52. The van der Waals surface area contributed by atoms with Gasteiger partial charge >= 0.3 is 5.69 Å². The van der Waals surface area contributed by atoms with Crippen molar-refractivity contribution in [3.63, 3.8) is 0 Å². The van der Waals surface area contributed by atoms with Crippen LogP contribution in [0.25, 0.3) is 0 Å². The lowest BCUT2D eigenvalue weighted by atomic mass is 10.2. The van der Waals surface area contributed by atoms with Crippen LogP contribution in [0.1, 0.15) is 19.4 Å². The summed E-state index contributed by atoms with van der Waals surface area (Å²) in [5.41, 5.74) is 6.34. The summed E-state index contributed by atoms with van der Waals surface area (Å²) in [6.45, 7) is 6.54. The number of nitrogens with zero attached hydrogens (tertiary/aromatic N) is 3. The summed E-state index contributed by atoms with van der Waals surface area (Å²) in [5.74, 6) is 0.407. The third-order valence-corrected chi connectivity index (χ3v) is 2.81. The van der Waals surface area contributed by atoms with Crippen molar-refractivity contribution >= 4 is 17.2 Å². The summed E-state index contributed by atoms with van der Waals surface area (Å²) in [6, 6.07) is 0. The fourth-order valence-electron chi connectivity index (χ4n) is 1.74. The van der Waals surface area contributed by atoms with Crippen LogP contribution in [0.5, 0.6) is 5.88 Å². The number of rotatable bonds is 7. The number of ether oxygens (including phenoxy) is 1. The molecule has 8 heteroatoms. The molecule has 0 aliphatic heterocycles. The second kappa shape index (κ2) is 7.07. The Morgan fingerprint density at radius 3 is 2.57 bits per heavy atom. The standard InChI is InChI=1S/C13H23N5O3/c1-8(2)21-13-10(14)9(3)11(18(19)20)12(16-13)15-6-7-17(4)5/h8H,6-7,14H2,1-5H3,(H,15,16). The molecule has 118 valence electrons. The van der Waals surface area contributed by atoms with Crippen LogP contribution in [0.2, 0.25) is 0 Å². The molecule has 1 aromatic heterocycles. The van der Waals surface area contributed by atoms with Crippen molar-refractivity contribution in [2.24, 2.45) is 0 Å². The molecule has 0 aromatic carbocycles. The normalized spacial score (nSPS) is 11.0. The zero-order valence-corrected chi connectivity index (χ0v) is 13.1. The highest BCUT2D eigenvalue weighted by atomic mass is 16.6. The van der Waals surface area contributed by atoms with E-state index < -0.39 is 4.92 Å². The SMILES string of the molecule is Cc1c(N)c(OC(C)C)nc(NCCN(C)C)c1[N+](=O)[O-].